The molecule has 1 heterocycles. The number of amides is 3. The maximum Gasteiger partial charge on any atom is 0.247 e. The van der Waals surface area contributed by atoms with Crippen molar-refractivity contribution in [1.29, 1.82) is 0 Å². The lowest BCUT2D eigenvalue weighted by Crippen LogP contribution is -2.45. The van der Waals surface area contributed by atoms with Crippen molar-refractivity contribution in [2.75, 3.05) is 32.1 Å². The number of nitrogens with one attached hydrogen (secondary N) is 2. The van der Waals surface area contributed by atoms with E-state index < -0.39 is 6.04 Å². The third kappa shape index (κ3) is 8.94. The standard InChI is InChI=1S/C24H34N4O4S/c1-17(2)11-12-25-23(31)22(19-7-5-18(3)6-8-19)28(14-15-32-4)21(30)10-9-20(29)27-24-26-13-16-33-24/h5-8,13,16-17,22H,9-12,14-15H2,1-4H3,(H,25,31)(H,26,27,29)/t22-/m0/s1. The number of rotatable bonds is 13. The van der Waals surface area contributed by atoms with Gasteiger partial charge < -0.3 is 20.3 Å². The van der Waals surface area contributed by atoms with E-state index in [1.165, 1.54) is 16.2 Å². The first-order valence-corrected chi connectivity index (χ1v) is 12.0. The van der Waals surface area contributed by atoms with E-state index in [2.05, 4.69) is 29.5 Å². The highest BCUT2D eigenvalue weighted by Crippen LogP contribution is 2.23. The van der Waals surface area contributed by atoms with Gasteiger partial charge in [-0.2, -0.15) is 0 Å². The quantitative estimate of drug-likeness (QED) is 0.462. The number of nitrogens with zero attached hydrogens (tertiary/aromatic N) is 2. The monoisotopic (exact) mass is 474 g/mol. The first kappa shape index (κ1) is 26.5. The molecule has 1 aromatic heterocycles. The van der Waals surface area contributed by atoms with Crippen LogP contribution in [0.4, 0.5) is 5.13 Å². The summed E-state index contributed by atoms with van der Waals surface area (Å²) in [7, 11) is 1.55. The zero-order valence-electron chi connectivity index (χ0n) is 19.8. The molecule has 0 aliphatic carbocycles. The molecule has 0 unspecified atom stereocenters. The summed E-state index contributed by atoms with van der Waals surface area (Å²) in [5, 5.41) is 7.91. The van der Waals surface area contributed by atoms with Crippen molar-refractivity contribution < 1.29 is 19.1 Å². The summed E-state index contributed by atoms with van der Waals surface area (Å²) < 4.78 is 5.20. The minimum absolute atomic E-state index is 0.00250. The molecule has 8 nitrogen and oxygen atoms in total. The van der Waals surface area contributed by atoms with Gasteiger partial charge >= 0.3 is 0 Å². The largest absolute Gasteiger partial charge is 0.383 e. The Labute approximate surface area is 199 Å². The molecule has 0 bridgehead atoms. The fourth-order valence-electron chi connectivity index (χ4n) is 3.22. The van der Waals surface area contributed by atoms with Crippen LogP contribution in [-0.4, -0.2) is 54.4 Å². The van der Waals surface area contributed by atoms with Crippen LogP contribution in [0.2, 0.25) is 0 Å². The summed E-state index contributed by atoms with van der Waals surface area (Å²) in [5.41, 5.74) is 1.78. The Morgan fingerprint density at radius 3 is 2.48 bits per heavy atom. The van der Waals surface area contributed by atoms with E-state index in [1.54, 1.807) is 18.7 Å². The molecule has 2 N–H and O–H groups in total. The van der Waals surface area contributed by atoms with Gasteiger partial charge in [-0.3, -0.25) is 14.4 Å². The fourth-order valence-corrected chi connectivity index (χ4v) is 3.77. The van der Waals surface area contributed by atoms with Crippen LogP contribution in [0.5, 0.6) is 0 Å². The van der Waals surface area contributed by atoms with E-state index in [0.29, 0.717) is 17.6 Å². The Balaban J connectivity index is 2.18. The zero-order valence-corrected chi connectivity index (χ0v) is 20.6. The minimum atomic E-state index is -0.803. The summed E-state index contributed by atoms with van der Waals surface area (Å²) in [4.78, 5) is 44.2. The predicted molar refractivity (Wildman–Crippen MR) is 130 cm³/mol. The van der Waals surface area contributed by atoms with Gasteiger partial charge in [0.1, 0.15) is 6.04 Å². The van der Waals surface area contributed by atoms with E-state index >= 15 is 0 Å². The molecule has 2 rings (SSSR count). The second-order valence-electron chi connectivity index (χ2n) is 8.25. The van der Waals surface area contributed by atoms with E-state index in [1.807, 2.05) is 31.2 Å². The zero-order chi connectivity index (χ0) is 24.2. The third-order valence-electron chi connectivity index (χ3n) is 5.08. The van der Waals surface area contributed by atoms with Crippen LogP contribution >= 0.6 is 11.3 Å². The lowest BCUT2D eigenvalue weighted by atomic mass is 10.0. The van der Waals surface area contributed by atoms with Crippen molar-refractivity contribution in [2.24, 2.45) is 5.92 Å². The Hall–Kier alpha value is -2.78. The number of ether oxygens (including phenoxy) is 1. The number of aromatic nitrogens is 1. The van der Waals surface area contributed by atoms with Gasteiger partial charge in [0.25, 0.3) is 0 Å². The summed E-state index contributed by atoms with van der Waals surface area (Å²) in [6.45, 7) is 7.19. The third-order valence-corrected chi connectivity index (χ3v) is 5.76. The summed E-state index contributed by atoms with van der Waals surface area (Å²) in [6, 6.07) is 6.77. The molecule has 9 heteroatoms. The van der Waals surface area contributed by atoms with Crippen LogP contribution in [0, 0.1) is 12.8 Å². The molecular weight excluding hydrogens is 440 g/mol. The minimum Gasteiger partial charge on any atom is -0.383 e. The molecular formula is C24H34N4O4S. The average molecular weight is 475 g/mol. The van der Waals surface area contributed by atoms with Gasteiger partial charge in [-0.15, -0.1) is 11.3 Å². The number of thiazole rings is 1. The van der Waals surface area contributed by atoms with Crippen molar-refractivity contribution in [1.82, 2.24) is 15.2 Å². The first-order valence-electron chi connectivity index (χ1n) is 11.1. The molecule has 0 fully saturated rings. The van der Waals surface area contributed by atoms with E-state index in [4.69, 9.17) is 4.74 Å². The lowest BCUT2D eigenvalue weighted by Gasteiger charge is -2.31. The summed E-state index contributed by atoms with van der Waals surface area (Å²) in [5.74, 6) is -0.369. The molecule has 1 aromatic carbocycles. The van der Waals surface area contributed by atoms with Crippen molar-refractivity contribution in [3.8, 4) is 0 Å². The van der Waals surface area contributed by atoms with Gasteiger partial charge in [-0.1, -0.05) is 43.7 Å². The molecule has 180 valence electrons. The van der Waals surface area contributed by atoms with Crippen LogP contribution in [0.1, 0.15) is 50.3 Å². The van der Waals surface area contributed by atoms with Crippen molar-refractivity contribution >= 4 is 34.2 Å². The van der Waals surface area contributed by atoms with Gasteiger partial charge in [0, 0.05) is 44.6 Å². The number of hydrogen-bond donors (Lipinski definition) is 2. The van der Waals surface area contributed by atoms with Crippen molar-refractivity contribution in [3.05, 3.63) is 47.0 Å². The topological polar surface area (TPSA) is 101 Å². The fraction of sp³-hybridized carbons (Fsp3) is 0.500. The van der Waals surface area contributed by atoms with Gasteiger partial charge in [0.2, 0.25) is 17.7 Å². The van der Waals surface area contributed by atoms with Crippen LogP contribution in [0.3, 0.4) is 0 Å². The number of carbonyl (C=O) groups excluding carboxylic acids is 3. The number of anilines is 1. The Morgan fingerprint density at radius 2 is 1.88 bits per heavy atom. The SMILES string of the molecule is COCCN(C(=O)CCC(=O)Nc1nccs1)[C@H](C(=O)NCCC(C)C)c1ccc(C)cc1. The van der Waals surface area contributed by atoms with Crippen molar-refractivity contribution in [3.63, 3.8) is 0 Å². The predicted octanol–water partition coefficient (Wildman–Crippen LogP) is 3.55. The Morgan fingerprint density at radius 1 is 1.15 bits per heavy atom. The molecule has 0 aliphatic heterocycles. The van der Waals surface area contributed by atoms with Gasteiger partial charge in [0.05, 0.1) is 6.61 Å². The molecule has 0 radical (unpaired) electrons. The van der Waals surface area contributed by atoms with Gasteiger partial charge in [0.15, 0.2) is 5.13 Å². The lowest BCUT2D eigenvalue weighted by molar-refractivity contribution is -0.142. The molecule has 0 spiro atoms. The normalized spacial score (nSPS) is 11.8. The number of carbonyl (C=O) groups is 3. The van der Waals surface area contributed by atoms with Crippen LogP contribution in [0.25, 0.3) is 0 Å². The van der Waals surface area contributed by atoms with Crippen LogP contribution < -0.4 is 10.6 Å². The molecule has 3 amide bonds. The molecule has 0 aliphatic rings. The Kier molecular flexibility index (Phi) is 11.0. The second-order valence-corrected chi connectivity index (χ2v) is 9.15. The number of hydrogen-bond acceptors (Lipinski definition) is 6. The average Bonchev–Trinajstić information content (AvgIpc) is 3.28. The first-order chi connectivity index (χ1) is 15.8. The Bertz CT molecular complexity index is 884. The second kappa shape index (κ2) is 13.7. The summed E-state index contributed by atoms with van der Waals surface area (Å²) >= 11 is 1.31. The maximum absolute atomic E-state index is 13.2. The highest BCUT2D eigenvalue weighted by molar-refractivity contribution is 7.13. The highest BCUT2D eigenvalue weighted by Gasteiger charge is 2.31. The maximum atomic E-state index is 13.2. The van der Waals surface area contributed by atoms with Gasteiger partial charge in [-0.25, -0.2) is 4.98 Å². The molecule has 33 heavy (non-hydrogen) atoms. The number of benzene rings is 1. The number of aryl methyl sites for hydroxylation is 1. The van der Waals surface area contributed by atoms with Gasteiger partial charge in [-0.05, 0) is 24.8 Å². The van der Waals surface area contributed by atoms with E-state index in [9.17, 15) is 14.4 Å². The van der Waals surface area contributed by atoms with E-state index in [-0.39, 0.29) is 43.7 Å². The molecule has 2 aromatic rings. The van der Waals surface area contributed by atoms with Crippen molar-refractivity contribution in [2.45, 2.75) is 46.1 Å². The molecule has 1 atom stereocenters. The molecule has 0 saturated carbocycles. The van der Waals surface area contributed by atoms with E-state index in [0.717, 1.165) is 17.5 Å². The molecule has 0 saturated heterocycles. The number of methoxy groups -OCH3 is 1. The highest BCUT2D eigenvalue weighted by atomic mass is 32.1. The van der Waals surface area contributed by atoms with Crippen LogP contribution in [0.15, 0.2) is 35.8 Å². The van der Waals surface area contributed by atoms with Crippen LogP contribution in [-0.2, 0) is 19.1 Å². The summed E-state index contributed by atoms with van der Waals surface area (Å²) in [6.07, 6.45) is 2.41. The smallest absolute Gasteiger partial charge is 0.247 e.